The molecule has 3 aliphatic rings. The van der Waals surface area contributed by atoms with Crippen LogP contribution in [-0.4, -0.2) is 105 Å². The molecule has 10 heteroatoms. The molecule has 3 aliphatic heterocycles. The van der Waals surface area contributed by atoms with E-state index in [4.69, 9.17) is 18.9 Å². The van der Waals surface area contributed by atoms with Gasteiger partial charge in [-0.3, -0.25) is 4.79 Å². The van der Waals surface area contributed by atoms with Crippen LogP contribution in [0.1, 0.15) is 92.9 Å². The Morgan fingerprint density at radius 2 is 1.93 bits per heavy atom. The molecule has 0 aromatic carbocycles. The van der Waals surface area contributed by atoms with Crippen molar-refractivity contribution in [3.05, 3.63) is 23.8 Å². The van der Waals surface area contributed by atoms with Crippen molar-refractivity contribution in [2.24, 2.45) is 17.8 Å². The molecule has 0 saturated carbocycles. The fraction of sp³-hybridized carbons (Fsp3) is 0.833. The lowest BCUT2D eigenvalue weighted by molar-refractivity contribution is -0.123. The van der Waals surface area contributed by atoms with Gasteiger partial charge in [-0.2, -0.15) is 0 Å². The Morgan fingerprint density at radius 3 is 2.67 bits per heavy atom. The van der Waals surface area contributed by atoms with E-state index in [1.807, 2.05) is 0 Å². The summed E-state index contributed by atoms with van der Waals surface area (Å²) < 4.78 is 23.5. The molecule has 0 radical (unpaired) electrons. The number of rotatable bonds is 17. The van der Waals surface area contributed by atoms with Crippen molar-refractivity contribution in [2.45, 2.75) is 129 Å². The van der Waals surface area contributed by atoms with E-state index in [0.717, 1.165) is 64.6 Å². The van der Waals surface area contributed by atoms with E-state index >= 15 is 0 Å². The second-order valence-corrected chi connectivity index (χ2v) is 14.2. The first-order chi connectivity index (χ1) is 21.9. The number of epoxide rings is 1. The van der Waals surface area contributed by atoms with Crippen LogP contribution < -0.4 is 10.6 Å². The Balaban J connectivity index is 1.32. The van der Waals surface area contributed by atoms with Gasteiger partial charge in [0, 0.05) is 45.6 Å². The van der Waals surface area contributed by atoms with Crippen LogP contribution in [0, 0.1) is 17.8 Å². The van der Waals surface area contributed by atoms with Gasteiger partial charge in [0.25, 0.3) is 0 Å². The lowest BCUT2D eigenvalue weighted by atomic mass is 9.85. The monoisotopic (exact) mass is 649 g/mol. The Bertz CT molecular complexity index is 996. The van der Waals surface area contributed by atoms with E-state index in [1.165, 1.54) is 5.57 Å². The number of nitrogens with one attached hydrogen (secondary N) is 2. The van der Waals surface area contributed by atoms with Crippen LogP contribution in [-0.2, 0) is 23.7 Å². The largest absolute Gasteiger partial charge is 0.449 e. The summed E-state index contributed by atoms with van der Waals surface area (Å²) in [6, 6.07) is 0. The maximum Gasteiger partial charge on any atom is 0.409 e. The average molecular weight is 650 g/mol. The maximum atomic E-state index is 12.5. The fourth-order valence-corrected chi connectivity index (χ4v) is 7.18. The lowest BCUT2D eigenvalue weighted by Gasteiger charge is -2.35. The highest BCUT2D eigenvalue weighted by atomic mass is 16.6. The molecule has 0 aromatic heterocycles. The number of nitrogens with zero attached hydrogens (tertiary/aromatic N) is 1. The predicted octanol–water partition coefficient (Wildman–Crippen LogP) is 5.00. The van der Waals surface area contributed by atoms with Crippen molar-refractivity contribution < 1.29 is 33.6 Å². The van der Waals surface area contributed by atoms with Crippen molar-refractivity contribution in [1.82, 2.24) is 15.5 Å². The van der Waals surface area contributed by atoms with Crippen LogP contribution in [0.4, 0.5) is 4.79 Å². The molecule has 0 spiro atoms. The Hall–Kier alpha value is -1.98. The highest BCUT2D eigenvalue weighted by Crippen LogP contribution is 2.47. The molecule has 3 heterocycles. The number of ether oxygens (including phenoxy) is 4. The number of carbonyl (C=O) groups excluding carboxylic acids is 2. The van der Waals surface area contributed by atoms with Crippen LogP contribution in [0.5, 0.6) is 0 Å². The number of hydrogen-bond donors (Lipinski definition) is 3. The number of hydrogen-bond acceptors (Lipinski definition) is 8. The second-order valence-electron chi connectivity index (χ2n) is 14.2. The summed E-state index contributed by atoms with van der Waals surface area (Å²) in [5.41, 5.74) is 0.992. The quantitative estimate of drug-likeness (QED) is 0.114. The van der Waals surface area contributed by atoms with Gasteiger partial charge in [0.15, 0.2) is 0 Å². The molecule has 46 heavy (non-hydrogen) atoms. The predicted molar refractivity (Wildman–Crippen MR) is 181 cm³/mol. The Labute approximate surface area is 278 Å². The molecule has 264 valence electrons. The summed E-state index contributed by atoms with van der Waals surface area (Å²) in [6.07, 6.45) is 12.3. The highest BCUT2D eigenvalue weighted by molar-refractivity contribution is 5.75. The molecule has 0 aliphatic carbocycles. The van der Waals surface area contributed by atoms with E-state index in [0.29, 0.717) is 38.0 Å². The third-order valence-electron chi connectivity index (χ3n) is 9.86. The van der Waals surface area contributed by atoms with Crippen LogP contribution in [0.2, 0.25) is 0 Å². The number of aliphatic hydroxyl groups excluding tert-OH is 1. The summed E-state index contributed by atoms with van der Waals surface area (Å²) in [4.78, 5) is 26.4. The molecule has 0 aromatic rings. The van der Waals surface area contributed by atoms with E-state index < -0.39 is 6.10 Å². The number of aliphatic hydroxyl groups is 1. The number of unbranched alkanes of at least 4 members (excludes halogenated alkanes) is 2. The van der Waals surface area contributed by atoms with Gasteiger partial charge in [-0.25, -0.2) is 4.79 Å². The third-order valence-corrected chi connectivity index (χ3v) is 9.86. The molecule has 3 saturated heterocycles. The third kappa shape index (κ3) is 12.2. The van der Waals surface area contributed by atoms with Crippen molar-refractivity contribution in [1.29, 1.82) is 0 Å². The zero-order valence-electron chi connectivity index (χ0n) is 29.6. The van der Waals surface area contributed by atoms with Crippen molar-refractivity contribution >= 4 is 12.0 Å². The molecule has 0 unspecified atom stereocenters. The summed E-state index contributed by atoms with van der Waals surface area (Å²) in [5.74, 6) is 0.920. The zero-order valence-corrected chi connectivity index (χ0v) is 29.6. The smallest absolute Gasteiger partial charge is 0.409 e. The van der Waals surface area contributed by atoms with Gasteiger partial charge in [-0.1, -0.05) is 39.0 Å². The van der Waals surface area contributed by atoms with Gasteiger partial charge in [0.05, 0.1) is 42.7 Å². The van der Waals surface area contributed by atoms with Crippen LogP contribution in [0.3, 0.4) is 0 Å². The normalized spacial score (nSPS) is 29.9. The van der Waals surface area contributed by atoms with Gasteiger partial charge < -0.3 is 39.6 Å². The summed E-state index contributed by atoms with van der Waals surface area (Å²) >= 11 is 0. The van der Waals surface area contributed by atoms with Crippen LogP contribution in [0.15, 0.2) is 23.8 Å². The minimum atomic E-state index is -0.535. The molecule has 2 amide bonds. The highest BCUT2D eigenvalue weighted by Gasteiger charge is 2.56. The van der Waals surface area contributed by atoms with Gasteiger partial charge in [-0.05, 0) is 89.7 Å². The molecule has 0 bridgehead atoms. The first-order valence-electron chi connectivity index (χ1n) is 17.7. The number of allylic oxidation sites excluding steroid dienone is 3. The second kappa shape index (κ2) is 19.1. The van der Waals surface area contributed by atoms with Gasteiger partial charge >= 0.3 is 6.09 Å². The zero-order chi connectivity index (χ0) is 33.7. The van der Waals surface area contributed by atoms with E-state index in [-0.39, 0.29) is 47.9 Å². The standard InChI is InChI=1S/C36H63N3O7/c1-25(23-36(6)34(46-36)28(4)33(43-7)29(5)40)13-11-14-26(2)32-27(3)16-17-30(45-32)24-38-31(41)15-9-8-10-22-44-35(42)39-20-12-18-37-19-21-39/h11,13-14,25,27-30,32-34,37,40H,8-10,12,15-24H2,1-7H3,(H,38,41)/b13-11+,26-14+/t25-,27+,28-,29-,30-,32-,33-,34-,36-/m1/s1. The van der Waals surface area contributed by atoms with Crippen molar-refractivity contribution in [3.8, 4) is 0 Å². The number of carbonyl (C=O) groups is 2. The van der Waals surface area contributed by atoms with Crippen LogP contribution in [0.25, 0.3) is 0 Å². The Kier molecular flexibility index (Phi) is 16.0. The lowest BCUT2D eigenvalue weighted by Crippen LogP contribution is -2.41. The van der Waals surface area contributed by atoms with Crippen molar-refractivity contribution in [3.63, 3.8) is 0 Å². The summed E-state index contributed by atoms with van der Waals surface area (Å²) in [6.45, 7) is 16.7. The van der Waals surface area contributed by atoms with E-state index in [2.05, 4.69) is 63.5 Å². The molecule has 3 fully saturated rings. The fourth-order valence-electron chi connectivity index (χ4n) is 7.18. The van der Waals surface area contributed by atoms with Gasteiger partial charge in [-0.15, -0.1) is 0 Å². The summed E-state index contributed by atoms with van der Waals surface area (Å²) in [5, 5.41) is 16.4. The minimum absolute atomic E-state index is 0.00783. The molecular formula is C36H63N3O7. The topological polar surface area (TPSA) is 122 Å². The number of methoxy groups -OCH3 is 1. The van der Waals surface area contributed by atoms with E-state index in [9.17, 15) is 14.7 Å². The minimum Gasteiger partial charge on any atom is -0.449 e. The molecule has 3 N–H and O–H groups in total. The van der Waals surface area contributed by atoms with Crippen molar-refractivity contribution in [2.75, 3.05) is 46.4 Å². The Morgan fingerprint density at radius 1 is 1.15 bits per heavy atom. The van der Waals surface area contributed by atoms with Gasteiger partial charge in [0.1, 0.15) is 0 Å². The SMILES string of the molecule is CO[C@H]([C@@H](C)[C@H]1O[C@]1(C)C[C@H](C)/C=C/C=C(\C)[C@H]1O[C@@H](CNC(=O)CCCCCOC(=O)N2CCCNCC2)CC[C@@H]1C)[C@@H](C)O. The van der Waals surface area contributed by atoms with Crippen LogP contribution >= 0.6 is 0 Å². The first-order valence-corrected chi connectivity index (χ1v) is 17.7. The van der Waals surface area contributed by atoms with E-state index in [1.54, 1.807) is 18.9 Å². The summed E-state index contributed by atoms with van der Waals surface area (Å²) in [7, 11) is 1.64. The number of amides is 2. The molecular weight excluding hydrogens is 586 g/mol. The maximum absolute atomic E-state index is 12.5. The molecule has 10 nitrogen and oxygen atoms in total. The molecule has 9 atom stereocenters. The molecule has 3 rings (SSSR count). The van der Waals surface area contributed by atoms with Gasteiger partial charge in [0.2, 0.25) is 5.91 Å². The first kappa shape index (κ1) is 38.5. The average Bonchev–Trinajstić information content (AvgIpc) is 3.75.